The van der Waals surface area contributed by atoms with Crippen molar-refractivity contribution in [1.29, 1.82) is 0 Å². The zero-order chi connectivity index (χ0) is 26.5. The summed E-state index contributed by atoms with van der Waals surface area (Å²) in [5, 5.41) is 12.3. The van der Waals surface area contributed by atoms with E-state index in [4.69, 9.17) is 9.47 Å². The molecule has 0 bridgehead atoms. The molecule has 1 N–H and O–H groups in total. The molecular weight excluding hydrogens is 452 g/mol. The quantitative estimate of drug-likeness (QED) is 0.391. The maximum Gasteiger partial charge on any atom is 0.303 e. The molecule has 0 aromatic rings. The van der Waals surface area contributed by atoms with E-state index < -0.39 is 11.7 Å². The summed E-state index contributed by atoms with van der Waals surface area (Å²) in [5.74, 6) is 3.15. The molecule has 5 heteroatoms. The van der Waals surface area contributed by atoms with Crippen molar-refractivity contribution in [2.45, 2.75) is 137 Å². The summed E-state index contributed by atoms with van der Waals surface area (Å²) in [6, 6.07) is 0. The molecule has 10 atom stereocenters. The van der Waals surface area contributed by atoms with Gasteiger partial charge in [0, 0.05) is 25.7 Å². The van der Waals surface area contributed by atoms with E-state index in [2.05, 4.69) is 34.6 Å². The van der Waals surface area contributed by atoms with Gasteiger partial charge < -0.3 is 14.6 Å². The van der Waals surface area contributed by atoms with Crippen molar-refractivity contribution < 1.29 is 24.2 Å². The minimum absolute atomic E-state index is 0.308. The second-order valence-electron chi connectivity index (χ2n) is 14.1. The Bertz CT molecular complexity index is 824. The Labute approximate surface area is 219 Å². The predicted molar refractivity (Wildman–Crippen MR) is 141 cm³/mol. The Balaban J connectivity index is 1.59. The van der Waals surface area contributed by atoms with Gasteiger partial charge in [0.2, 0.25) is 0 Å². The van der Waals surface area contributed by atoms with Gasteiger partial charge in [0.05, 0.1) is 0 Å². The number of hydrogen-bond acceptors (Lipinski definition) is 5. The summed E-state index contributed by atoms with van der Waals surface area (Å²) < 4.78 is 11.5. The van der Waals surface area contributed by atoms with Crippen molar-refractivity contribution in [3.05, 3.63) is 0 Å². The van der Waals surface area contributed by atoms with E-state index in [0.29, 0.717) is 29.6 Å². The fraction of sp³-hybridized carbons (Fsp3) is 0.935. The van der Waals surface area contributed by atoms with E-state index in [-0.39, 0.29) is 23.5 Å². The van der Waals surface area contributed by atoms with Gasteiger partial charge in [-0.05, 0) is 85.9 Å². The molecule has 0 heterocycles. The molecule has 36 heavy (non-hydrogen) atoms. The zero-order valence-electron chi connectivity index (χ0n) is 24.0. The maximum atomic E-state index is 12.3. The van der Waals surface area contributed by atoms with Gasteiger partial charge in [-0.2, -0.15) is 0 Å². The van der Waals surface area contributed by atoms with Gasteiger partial charge in [-0.25, -0.2) is 0 Å². The Kier molecular flexibility index (Phi) is 7.93. The van der Waals surface area contributed by atoms with Gasteiger partial charge in [-0.1, -0.05) is 53.9 Å². The second kappa shape index (κ2) is 10.2. The standard InChI is InChI=1S/C31H52O5/c1-19(2)9-8-10-20(3)25-11-12-26-24-17-28(36-22(5)33)31(34)18-23(35-21(4)32)13-16-30(31,7)27(24)14-15-29(25,26)6/h19-20,23-28,34H,8-18H2,1-7H3/t20-,23+,24+,25-,26-,27-,28-,29-,30-,31+/m1/s1. The van der Waals surface area contributed by atoms with Crippen molar-refractivity contribution in [3.8, 4) is 0 Å². The normalized spacial score (nSPS) is 44.8. The van der Waals surface area contributed by atoms with Crippen LogP contribution in [0.15, 0.2) is 0 Å². The monoisotopic (exact) mass is 504 g/mol. The maximum absolute atomic E-state index is 12.3. The van der Waals surface area contributed by atoms with Gasteiger partial charge in [-0.15, -0.1) is 0 Å². The number of fused-ring (bicyclic) bond motifs is 5. The molecule has 0 aliphatic heterocycles. The zero-order valence-corrected chi connectivity index (χ0v) is 24.0. The third kappa shape index (κ3) is 4.76. The van der Waals surface area contributed by atoms with Gasteiger partial charge in [0.25, 0.3) is 0 Å². The molecule has 4 rings (SSSR count). The van der Waals surface area contributed by atoms with Gasteiger partial charge >= 0.3 is 11.9 Å². The van der Waals surface area contributed by atoms with Crippen molar-refractivity contribution >= 4 is 11.9 Å². The highest BCUT2D eigenvalue weighted by Gasteiger charge is 2.68. The Morgan fingerprint density at radius 1 is 0.917 bits per heavy atom. The number of carbonyl (C=O) groups excluding carboxylic acids is 2. The summed E-state index contributed by atoms with van der Waals surface area (Å²) in [6.07, 6.45) is 10.7. The van der Waals surface area contributed by atoms with Gasteiger partial charge in [0.15, 0.2) is 0 Å². The lowest BCUT2D eigenvalue weighted by Crippen LogP contribution is -2.69. The highest BCUT2D eigenvalue weighted by Crippen LogP contribution is 2.69. The molecule has 0 spiro atoms. The lowest BCUT2D eigenvalue weighted by molar-refractivity contribution is -0.271. The minimum Gasteiger partial charge on any atom is -0.462 e. The third-order valence-electron chi connectivity index (χ3n) is 11.6. The Morgan fingerprint density at radius 2 is 1.61 bits per heavy atom. The number of carbonyl (C=O) groups is 2. The van der Waals surface area contributed by atoms with Crippen molar-refractivity contribution in [2.75, 3.05) is 0 Å². The Morgan fingerprint density at radius 3 is 2.25 bits per heavy atom. The number of ether oxygens (including phenoxy) is 2. The van der Waals surface area contributed by atoms with E-state index in [0.717, 1.165) is 43.4 Å². The molecule has 0 unspecified atom stereocenters. The molecule has 4 aliphatic carbocycles. The molecule has 206 valence electrons. The van der Waals surface area contributed by atoms with E-state index >= 15 is 0 Å². The summed E-state index contributed by atoms with van der Waals surface area (Å²) in [7, 11) is 0. The lowest BCUT2D eigenvalue weighted by Gasteiger charge is -2.65. The highest BCUT2D eigenvalue weighted by molar-refractivity contribution is 5.66. The van der Waals surface area contributed by atoms with Crippen LogP contribution in [0.1, 0.15) is 119 Å². The van der Waals surface area contributed by atoms with Crippen LogP contribution in [0.4, 0.5) is 0 Å². The average Bonchev–Trinajstić information content (AvgIpc) is 3.12. The van der Waals surface area contributed by atoms with Crippen molar-refractivity contribution in [3.63, 3.8) is 0 Å². The molecule has 0 aromatic carbocycles. The van der Waals surface area contributed by atoms with Crippen LogP contribution in [-0.2, 0) is 19.1 Å². The van der Waals surface area contributed by atoms with Gasteiger partial charge in [0.1, 0.15) is 17.8 Å². The fourth-order valence-electron chi connectivity index (χ4n) is 9.92. The summed E-state index contributed by atoms with van der Waals surface area (Å²) in [4.78, 5) is 23.9. The number of aliphatic hydroxyl groups is 1. The largest absolute Gasteiger partial charge is 0.462 e. The third-order valence-corrected chi connectivity index (χ3v) is 11.6. The van der Waals surface area contributed by atoms with Crippen LogP contribution in [0.5, 0.6) is 0 Å². The van der Waals surface area contributed by atoms with Crippen LogP contribution in [0, 0.1) is 46.3 Å². The fourth-order valence-corrected chi connectivity index (χ4v) is 9.92. The topological polar surface area (TPSA) is 72.8 Å². The van der Waals surface area contributed by atoms with Crippen LogP contribution in [-0.4, -0.2) is 34.9 Å². The van der Waals surface area contributed by atoms with E-state index in [9.17, 15) is 14.7 Å². The first kappa shape index (κ1) is 27.9. The van der Waals surface area contributed by atoms with Crippen LogP contribution in [0.2, 0.25) is 0 Å². The van der Waals surface area contributed by atoms with Crippen molar-refractivity contribution in [1.82, 2.24) is 0 Å². The first-order chi connectivity index (χ1) is 16.8. The molecule has 0 aromatic heterocycles. The summed E-state index contributed by atoms with van der Waals surface area (Å²) in [5.41, 5.74) is -1.16. The average molecular weight is 505 g/mol. The molecule has 0 radical (unpaired) electrons. The first-order valence-corrected chi connectivity index (χ1v) is 14.9. The van der Waals surface area contributed by atoms with Crippen LogP contribution in [0.3, 0.4) is 0 Å². The molecule has 0 saturated heterocycles. The smallest absolute Gasteiger partial charge is 0.303 e. The molecule has 4 saturated carbocycles. The Hall–Kier alpha value is -1.10. The SMILES string of the molecule is CC(=O)O[C@H]1CC[C@]2(C)[C@@H]3CC[C@@]4(C)[C@H](CC[C@@H]4[C@H](C)CCCC(C)C)[C@@H]3C[C@@H](OC(C)=O)[C@@]2(O)C1. The van der Waals surface area contributed by atoms with Crippen LogP contribution < -0.4 is 0 Å². The van der Waals surface area contributed by atoms with E-state index in [1.807, 2.05) is 0 Å². The summed E-state index contributed by atoms with van der Waals surface area (Å²) >= 11 is 0. The minimum atomic E-state index is -1.16. The number of rotatable bonds is 7. The number of esters is 2. The molecule has 0 amide bonds. The molecule has 5 nitrogen and oxygen atoms in total. The van der Waals surface area contributed by atoms with Crippen molar-refractivity contribution in [2.24, 2.45) is 46.3 Å². The van der Waals surface area contributed by atoms with Crippen LogP contribution in [0.25, 0.3) is 0 Å². The highest BCUT2D eigenvalue weighted by atomic mass is 16.6. The molecule has 4 aliphatic rings. The lowest BCUT2D eigenvalue weighted by atomic mass is 9.42. The summed E-state index contributed by atoms with van der Waals surface area (Å²) in [6.45, 7) is 14.8. The molecule has 4 fully saturated rings. The first-order valence-electron chi connectivity index (χ1n) is 14.9. The molecular formula is C31H52O5. The van der Waals surface area contributed by atoms with E-state index in [1.165, 1.54) is 52.4 Å². The van der Waals surface area contributed by atoms with Crippen LogP contribution >= 0.6 is 0 Å². The predicted octanol–water partition coefficient (Wildman–Crippen LogP) is 6.70. The second-order valence-corrected chi connectivity index (χ2v) is 14.1. The van der Waals surface area contributed by atoms with E-state index in [1.54, 1.807) is 0 Å². The van der Waals surface area contributed by atoms with Gasteiger partial charge in [-0.3, -0.25) is 9.59 Å². The number of hydrogen-bond donors (Lipinski definition) is 1.